The number of hydrogen-bond donors (Lipinski definition) is 1. The molecule has 2 amide bonds. The average molecular weight is 566 g/mol. The third kappa shape index (κ3) is 8.91. The van der Waals surface area contributed by atoms with Crippen molar-refractivity contribution in [2.45, 2.75) is 72.0 Å². The van der Waals surface area contributed by atoms with Crippen molar-refractivity contribution in [3.8, 4) is 5.75 Å². The summed E-state index contributed by atoms with van der Waals surface area (Å²) in [5.74, 6) is 0.230. The summed E-state index contributed by atoms with van der Waals surface area (Å²) in [6.07, 6.45) is 2.70. The topological polar surface area (TPSA) is 96.0 Å². The van der Waals surface area contributed by atoms with Crippen LogP contribution in [0.2, 0.25) is 5.02 Å². The Labute approximate surface area is 232 Å². The van der Waals surface area contributed by atoms with E-state index in [-0.39, 0.29) is 43.8 Å². The highest BCUT2D eigenvalue weighted by Crippen LogP contribution is 2.27. The van der Waals surface area contributed by atoms with Gasteiger partial charge in [0.1, 0.15) is 11.8 Å². The summed E-state index contributed by atoms with van der Waals surface area (Å²) in [6.45, 7) is 7.93. The van der Waals surface area contributed by atoms with Gasteiger partial charge in [-0.1, -0.05) is 43.6 Å². The third-order valence-electron chi connectivity index (χ3n) is 6.47. The van der Waals surface area contributed by atoms with Crippen LogP contribution in [0.5, 0.6) is 5.75 Å². The number of anilines is 1. The number of carbonyl (C=O) groups excluding carboxylic acids is 2. The van der Waals surface area contributed by atoms with E-state index in [1.54, 1.807) is 30.2 Å². The van der Waals surface area contributed by atoms with Crippen LogP contribution in [0.25, 0.3) is 0 Å². The zero-order valence-corrected chi connectivity index (χ0v) is 24.7. The quantitative estimate of drug-likeness (QED) is 0.350. The number of ether oxygens (including phenoxy) is 1. The lowest BCUT2D eigenvalue weighted by atomic mass is 10.1. The minimum Gasteiger partial charge on any atom is -0.497 e. The van der Waals surface area contributed by atoms with E-state index in [9.17, 15) is 18.0 Å². The van der Waals surface area contributed by atoms with E-state index < -0.39 is 16.1 Å². The molecule has 0 fully saturated rings. The Morgan fingerprint density at radius 2 is 1.82 bits per heavy atom. The number of carbonyl (C=O) groups is 2. The van der Waals surface area contributed by atoms with Crippen LogP contribution in [0.15, 0.2) is 42.5 Å². The van der Waals surface area contributed by atoms with Crippen LogP contribution in [0.3, 0.4) is 0 Å². The zero-order valence-electron chi connectivity index (χ0n) is 23.2. The fourth-order valence-corrected chi connectivity index (χ4v) is 5.34. The van der Waals surface area contributed by atoms with Crippen LogP contribution in [0.4, 0.5) is 5.69 Å². The first-order chi connectivity index (χ1) is 17.9. The second-order valence-corrected chi connectivity index (χ2v) is 11.8. The molecule has 38 heavy (non-hydrogen) atoms. The van der Waals surface area contributed by atoms with E-state index >= 15 is 0 Å². The number of hydrogen-bond acceptors (Lipinski definition) is 5. The Morgan fingerprint density at radius 1 is 1.11 bits per heavy atom. The number of aryl methyl sites for hydroxylation is 1. The first-order valence-electron chi connectivity index (χ1n) is 12.9. The van der Waals surface area contributed by atoms with E-state index in [0.717, 1.165) is 23.8 Å². The zero-order chi connectivity index (χ0) is 28.5. The first-order valence-corrected chi connectivity index (χ1v) is 15.1. The summed E-state index contributed by atoms with van der Waals surface area (Å²) in [7, 11) is -2.04. The molecule has 2 atom stereocenters. The predicted molar refractivity (Wildman–Crippen MR) is 153 cm³/mol. The van der Waals surface area contributed by atoms with Crippen molar-refractivity contribution in [3.05, 3.63) is 58.6 Å². The third-order valence-corrected chi connectivity index (χ3v) is 7.88. The van der Waals surface area contributed by atoms with E-state index in [0.29, 0.717) is 22.9 Å². The van der Waals surface area contributed by atoms with E-state index in [1.807, 2.05) is 52.0 Å². The Hall–Kier alpha value is -2.78. The lowest BCUT2D eigenvalue weighted by Crippen LogP contribution is -2.50. The van der Waals surface area contributed by atoms with Gasteiger partial charge in [-0.25, -0.2) is 8.42 Å². The molecule has 10 heteroatoms. The number of nitrogens with zero attached hydrogens (tertiary/aromatic N) is 2. The van der Waals surface area contributed by atoms with Crippen LogP contribution >= 0.6 is 11.6 Å². The molecule has 0 radical (unpaired) electrons. The Kier molecular flexibility index (Phi) is 11.9. The minimum absolute atomic E-state index is 0.0189. The molecule has 0 heterocycles. The highest BCUT2D eigenvalue weighted by Gasteiger charge is 2.29. The van der Waals surface area contributed by atoms with Crippen molar-refractivity contribution in [3.63, 3.8) is 0 Å². The summed E-state index contributed by atoms with van der Waals surface area (Å²) in [6, 6.07) is 11.8. The number of halogens is 1. The SMILES string of the molecule is CC[C@H](C(=O)N[C@@H](C)CC)N(Cc1cccc(OC)c1)C(=O)CCCN(c1cc(Cl)ccc1C)S(C)(=O)=O. The van der Waals surface area contributed by atoms with Gasteiger partial charge in [0.2, 0.25) is 21.8 Å². The number of amides is 2. The summed E-state index contributed by atoms with van der Waals surface area (Å²) >= 11 is 6.13. The largest absolute Gasteiger partial charge is 0.497 e. The van der Waals surface area contributed by atoms with Crippen molar-refractivity contribution in [2.75, 3.05) is 24.2 Å². The fraction of sp³-hybridized carbons (Fsp3) is 0.500. The summed E-state index contributed by atoms with van der Waals surface area (Å²) in [4.78, 5) is 28.3. The van der Waals surface area contributed by atoms with E-state index in [1.165, 1.54) is 4.31 Å². The Balaban J connectivity index is 2.28. The monoisotopic (exact) mass is 565 g/mol. The predicted octanol–water partition coefficient (Wildman–Crippen LogP) is 4.93. The molecule has 0 saturated heterocycles. The van der Waals surface area contributed by atoms with Gasteiger partial charge in [-0.3, -0.25) is 13.9 Å². The maximum atomic E-state index is 13.6. The van der Waals surface area contributed by atoms with Crippen molar-refractivity contribution in [2.24, 2.45) is 0 Å². The van der Waals surface area contributed by atoms with Crippen LogP contribution in [-0.4, -0.2) is 57.1 Å². The average Bonchev–Trinajstić information content (AvgIpc) is 2.87. The van der Waals surface area contributed by atoms with Gasteiger partial charge in [-0.2, -0.15) is 0 Å². The highest BCUT2D eigenvalue weighted by atomic mass is 35.5. The summed E-state index contributed by atoms with van der Waals surface area (Å²) in [5, 5.41) is 3.42. The molecular weight excluding hydrogens is 526 g/mol. The molecule has 0 aromatic heterocycles. The molecular formula is C28H40ClN3O5S. The molecule has 0 aliphatic heterocycles. The Bertz CT molecular complexity index is 1200. The molecule has 0 saturated carbocycles. The van der Waals surface area contributed by atoms with Crippen LogP contribution in [-0.2, 0) is 26.2 Å². The molecule has 210 valence electrons. The molecule has 2 aromatic carbocycles. The smallest absolute Gasteiger partial charge is 0.243 e. The maximum Gasteiger partial charge on any atom is 0.243 e. The molecule has 1 N–H and O–H groups in total. The number of sulfonamides is 1. The van der Waals surface area contributed by atoms with Gasteiger partial charge in [0.05, 0.1) is 19.1 Å². The first kappa shape index (κ1) is 31.4. The van der Waals surface area contributed by atoms with Gasteiger partial charge in [0, 0.05) is 30.6 Å². The summed E-state index contributed by atoms with van der Waals surface area (Å²) in [5.41, 5.74) is 2.08. The van der Waals surface area contributed by atoms with Gasteiger partial charge in [-0.15, -0.1) is 0 Å². The fourth-order valence-electron chi connectivity index (χ4n) is 4.16. The molecule has 0 aliphatic carbocycles. The molecule has 0 aliphatic rings. The van der Waals surface area contributed by atoms with E-state index in [4.69, 9.17) is 16.3 Å². The van der Waals surface area contributed by atoms with Crippen molar-refractivity contribution >= 4 is 39.1 Å². The number of rotatable bonds is 14. The molecule has 8 nitrogen and oxygen atoms in total. The minimum atomic E-state index is -3.61. The van der Waals surface area contributed by atoms with Crippen LogP contribution in [0.1, 0.15) is 57.6 Å². The van der Waals surface area contributed by atoms with Gasteiger partial charge >= 0.3 is 0 Å². The Morgan fingerprint density at radius 3 is 2.42 bits per heavy atom. The number of methoxy groups -OCH3 is 1. The van der Waals surface area contributed by atoms with Gasteiger partial charge < -0.3 is 15.0 Å². The van der Waals surface area contributed by atoms with Crippen molar-refractivity contribution < 1.29 is 22.7 Å². The van der Waals surface area contributed by atoms with Gasteiger partial charge in [-0.05, 0) is 68.5 Å². The molecule has 2 aromatic rings. The molecule has 0 unspecified atom stereocenters. The lowest BCUT2D eigenvalue weighted by molar-refractivity contribution is -0.141. The summed E-state index contributed by atoms with van der Waals surface area (Å²) < 4.78 is 31.8. The van der Waals surface area contributed by atoms with Crippen molar-refractivity contribution in [1.82, 2.24) is 10.2 Å². The molecule has 2 rings (SSSR count). The molecule has 0 bridgehead atoms. The maximum absolute atomic E-state index is 13.6. The van der Waals surface area contributed by atoms with Crippen LogP contribution in [0, 0.1) is 6.92 Å². The molecule has 0 spiro atoms. The second kappa shape index (κ2) is 14.4. The number of nitrogens with one attached hydrogen (secondary N) is 1. The number of benzene rings is 2. The van der Waals surface area contributed by atoms with Gasteiger partial charge in [0.15, 0.2) is 0 Å². The van der Waals surface area contributed by atoms with Gasteiger partial charge in [0.25, 0.3) is 0 Å². The normalized spacial score (nSPS) is 12.9. The standard InChI is InChI=1S/C28H40ClN3O5S/c1-7-21(4)30-28(34)25(8-2)31(19-22-11-9-12-24(17-22)37-5)27(33)13-10-16-32(38(6,35)36)26-18-23(29)15-14-20(26)3/h9,11-12,14-15,17-18,21,25H,7-8,10,13,16,19H2,1-6H3,(H,30,34)/t21-,25+/m0/s1. The second-order valence-electron chi connectivity index (χ2n) is 9.48. The highest BCUT2D eigenvalue weighted by molar-refractivity contribution is 7.92. The lowest BCUT2D eigenvalue weighted by Gasteiger charge is -2.32. The van der Waals surface area contributed by atoms with Crippen molar-refractivity contribution in [1.29, 1.82) is 0 Å². The van der Waals surface area contributed by atoms with Crippen LogP contribution < -0.4 is 14.4 Å². The van der Waals surface area contributed by atoms with E-state index in [2.05, 4.69) is 5.32 Å².